The van der Waals surface area contributed by atoms with E-state index in [-0.39, 0.29) is 24.0 Å². The molecule has 0 bridgehead atoms. The lowest BCUT2D eigenvalue weighted by Gasteiger charge is -2.32. The first-order chi connectivity index (χ1) is 15.9. The van der Waals surface area contributed by atoms with Crippen molar-refractivity contribution < 1.29 is 9.59 Å². The predicted octanol–water partition coefficient (Wildman–Crippen LogP) is 3.89. The zero-order valence-electron chi connectivity index (χ0n) is 19.0. The van der Waals surface area contributed by atoms with Crippen LogP contribution in [0, 0.1) is 18.3 Å². The smallest absolute Gasteiger partial charge is 0.319 e. The molecule has 2 fully saturated rings. The fraction of sp³-hybridized carbons (Fsp3) is 0.423. The molecule has 0 spiro atoms. The molecule has 1 saturated heterocycles. The average Bonchev–Trinajstić information content (AvgIpc) is 3.24. The summed E-state index contributed by atoms with van der Waals surface area (Å²) in [7, 11) is 0. The van der Waals surface area contributed by atoms with E-state index in [0.29, 0.717) is 35.8 Å². The van der Waals surface area contributed by atoms with Gasteiger partial charge in [-0.3, -0.25) is 4.79 Å². The van der Waals surface area contributed by atoms with Crippen LogP contribution in [0.3, 0.4) is 0 Å². The first-order valence-electron chi connectivity index (χ1n) is 11.7. The van der Waals surface area contributed by atoms with Gasteiger partial charge < -0.3 is 21.3 Å². The molecule has 2 atom stereocenters. The molecular weight excluding hydrogens is 414 g/mol. The monoisotopic (exact) mass is 445 g/mol. The van der Waals surface area contributed by atoms with Gasteiger partial charge in [-0.25, -0.2) is 4.79 Å². The van der Waals surface area contributed by atoms with Crippen molar-refractivity contribution in [1.29, 1.82) is 5.26 Å². The average molecular weight is 446 g/mol. The number of carbonyl (C=O) groups is 2. The minimum absolute atomic E-state index is 0.0153. The molecule has 3 amide bonds. The number of piperidine rings is 1. The number of nitriles is 1. The normalized spacial score (nSPS) is 20.8. The number of rotatable bonds is 4. The third kappa shape index (κ3) is 5.52. The highest BCUT2D eigenvalue weighted by atomic mass is 16.2. The van der Waals surface area contributed by atoms with Gasteiger partial charge >= 0.3 is 6.03 Å². The molecule has 7 heteroatoms. The molecule has 172 valence electrons. The lowest BCUT2D eigenvalue weighted by Crippen LogP contribution is -2.38. The van der Waals surface area contributed by atoms with E-state index in [1.54, 1.807) is 6.07 Å². The number of amides is 3. The number of urea groups is 1. The second-order valence-corrected chi connectivity index (χ2v) is 9.20. The van der Waals surface area contributed by atoms with Crippen LogP contribution in [0.15, 0.2) is 42.5 Å². The largest absolute Gasteiger partial charge is 0.339 e. The fourth-order valence-electron chi connectivity index (χ4n) is 4.81. The molecular formula is C26H31N5O2. The minimum Gasteiger partial charge on any atom is -0.339 e. The second kappa shape index (κ2) is 10.1. The highest BCUT2D eigenvalue weighted by Crippen LogP contribution is 2.29. The minimum atomic E-state index is -0.259. The Balaban J connectivity index is 1.35. The Morgan fingerprint density at radius 3 is 2.42 bits per heavy atom. The maximum Gasteiger partial charge on any atom is 0.319 e. The Kier molecular flexibility index (Phi) is 6.95. The van der Waals surface area contributed by atoms with Crippen LogP contribution in [0.25, 0.3) is 0 Å². The number of nitrogens with one attached hydrogen (secondary N) is 2. The Labute approximate surface area is 195 Å². The van der Waals surface area contributed by atoms with Crippen molar-refractivity contribution >= 4 is 17.6 Å². The second-order valence-electron chi connectivity index (χ2n) is 9.20. The van der Waals surface area contributed by atoms with Crippen molar-refractivity contribution in [2.75, 3.05) is 18.4 Å². The molecule has 33 heavy (non-hydrogen) atoms. The number of hydrogen-bond donors (Lipinski definition) is 3. The van der Waals surface area contributed by atoms with Gasteiger partial charge in [-0.15, -0.1) is 0 Å². The number of aryl methyl sites for hydroxylation is 1. The number of likely N-dealkylation sites (tertiary alicyclic amines) is 1. The molecule has 1 aliphatic heterocycles. The van der Waals surface area contributed by atoms with Gasteiger partial charge in [0.1, 0.15) is 0 Å². The number of anilines is 1. The zero-order chi connectivity index (χ0) is 23.4. The SMILES string of the molecule is Cc1ccc(C(=O)N2CCC(c3ccc(C#N)cc3)CC2)cc1NC(=O)NC1CCC(N)C1. The molecule has 4 N–H and O–H groups in total. The first-order valence-corrected chi connectivity index (χ1v) is 11.7. The lowest BCUT2D eigenvalue weighted by molar-refractivity contribution is 0.0713. The van der Waals surface area contributed by atoms with Crippen LogP contribution in [0.5, 0.6) is 0 Å². The van der Waals surface area contributed by atoms with Gasteiger partial charge in [0, 0.05) is 36.4 Å². The van der Waals surface area contributed by atoms with Crippen LogP contribution < -0.4 is 16.4 Å². The molecule has 2 aliphatic rings. The Hall–Kier alpha value is -3.37. The highest BCUT2D eigenvalue weighted by Gasteiger charge is 2.26. The van der Waals surface area contributed by atoms with Crippen LogP contribution >= 0.6 is 0 Å². The highest BCUT2D eigenvalue weighted by molar-refractivity contribution is 5.97. The standard InChI is InChI=1S/C26H31N5O2/c1-17-2-5-21(14-24(17)30-26(33)29-23-9-8-22(28)15-23)25(32)31-12-10-20(11-13-31)19-6-3-18(16-27)4-7-19/h2-7,14,20,22-23H,8-13,15,28H2,1H3,(H2,29,30,33). The number of hydrogen-bond acceptors (Lipinski definition) is 4. The summed E-state index contributed by atoms with van der Waals surface area (Å²) in [6.45, 7) is 3.28. The topological polar surface area (TPSA) is 111 Å². The van der Waals surface area contributed by atoms with E-state index in [0.717, 1.165) is 37.7 Å². The van der Waals surface area contributed by atoms with Gasteiger partial charge in [0.25, 0.3) is 5.91 Å². The van der Waals surface area contributed by atoms with Crippen molar-refractivity contribution in [2.24, 2.45) is 5.73 Å². The van der Waals surface area contributed by atoms with Crippen LogP contribution in [-0.2, 0) is 0 Å². The Bertz CT molecular complexity index is 1050. The van der Waals surface area contributed by atoms with Gasteiger partial charge in [-0.05, 0) is 80.3 Å². The predicted molar refractivity (Wildman–Crippen MR) is 128 cm³/mol. The molecule has 0 radical (unpaired) electrons. The molecule has 2 unspecified atom stereocenters. The molecule has 2 aromatic carbocycles. The summed E-state index contributed by atoms with van der Waals surface area (Å²) < 4.78 is 0. The van der Waals surface area contributed by atoms with Crippen molar-refractivity contribution in [2.45, 2.75) is 57.0 Å². The van der Waals surface area contributed by atoms with E-state index in [9.17, 15) is 9.59 Å². The van der Waals surface area contributed by atoms with Gasteiger partial charge in [-0.1, -0.05) is 18.2 Å². The molecule has 1 heterocycles. The molecule has 7 nitrogen and oxygen atoms in total. The van der Waals surface area contributed by atoms with E-state index in [1.807, 2.05) is 48.2 Å². The van der Waals surface area contributed by atoms with Crippen molar-refractivity contribution in [3.8, 4) is 6.07 Å². The summed E-state index contributed by atoms with van der Waals surface area (Å²) in [4.78, 5) is 27.5. The van der Waals surface area contributed by atoms with E-state index in [2.05, 4.69) is 16.7 Å². The summed E-state index contributed by atoms with van der Waals surface area (Å²) in [6, 6.07) is 15.3. The summed E-state index contributed by atoms with van der Waals surface area (Å²) in [5, 5.41) is 14.9. The van der Waals surface area contributed by atoms with Crippen LogP contribution in [0.2, 0.25) is 0 Å². The molecule has 0 aromatic heterocycles. The summed E-state index contributed by atoms with van der Waals surface area (Å²) in [5.41, 5.74) is 9.94. The first kappa shape index (κ1) is 22.8. The number of benzene rings is 2. The van der Waals surface area contributed by atoms with Gasteiger partial charge in [0.15, 0.2) is 0 Å². The quantitative estimate of drug-likeness (QED) is 0.663. The van der Waals surface area contributed by atoms with Crippen molar-refractivity contribution in [1.82, 2.24) is 10.2 Å². The van der Waals surface area contributed by atoms with E-state index >= 15 is 0 Å². The Morgan fingerprint density at radius 1 is 1.06 bits per heavy atom. The summed E-state index contributed by atoms with van der Waals surface area (Å²) in [5.74, 6) is 0.378. The van der Waals surface area contributed by atoms with E-state index < -0.39 is 0 Å². The fourth-order valence-corrected chi connectivity index (χ4v) is 4.81. The van der Waals surface area contributed by atoms with Gasteiger partial charge in [0.05, 0.1) is 11.6 Å². The van der Waals surface area contributed by atoms with Gasteiger partial charge in [-0.2, -0.15) is 5.26 Å². The molecule has 2 aromatic rings. The third-order valence-electron chi connectivity index (χ3n) is 6.83. The van der Waals surface area contributed by atoms with Gasteiger partial charge in [0.2, 0.25) is 0 Å². The number of carbonyl (C=O) groups excluding carboxylic acids is 2. The van der Waals surface area contributed by atoms with Crippen molar-refractivity contribution in [3.63, 3.8) is 0 Å². The molecule has 1 saturated carbocycles. The van der Waals surface area contributed by atoms with Crippen LogP contribution in [0.4, 0.5) is 10.5 Å². The molecule has 1 aliphatic carbocycles. The number of nitrogens with two attached hydrogens (primary N) is 1. The van der Waals surface area contributed by atoms with Crippen LogP contribution in [0.1, 0.15) is 65.1 Å². The third-order valence-corrected chi connectivity index (χ3v) is 6.83. The van der Waals surface area contributed by atoms with E-state index in [1.165, 1.54) is 5.56 Å². The maximum absolute atomic E-state index is 13.1. The summed E-state index contributed by atoms with van der Waals surface area (Å²) >= 11 is 0. The Morgan fingerprint density at radius 2 is 1.79 bits per heavy atom. The molecule has 4 rings (SSSR count). The lowest BCUT2D eigenvalue weighted by atomic mass is 9.89. The van der Waals surface area contributed by atoms with Crippen molar-refractivity contribution in [3.05, 3.63) is 64.7 Å². The maximum atomic E-state index is 13.1. The van der Waals surface area contributed by atoms with Crippen LogP contribution in [-0.4, -0.2) is 42.0 Å². The van der Waals surface area contributed by atoms with E-state index in [4.69, 9.17) is 11.0 Å². The number of nitrogens with zero attached hydrogens (tertiary/aromatic N) is 2. The summed E-state index contributed by atoms with van der Waals surface area (Å²) in [6.07, 6.45) is 4.39. The zero-order valence-corrected chi connectivity index (χ0v) is 19.0.